The number of rotatable bonds is 7. The molecule has 0 amide bonds. The van der Waals surface area contributed by atoms with E-state index in [4.69, 9.17) is 20.9 Å². The number of ether oxygens (including phenoxy) is 2. The molecule has 1 aliphatic rings. The summed E-state index contributed by atoms with van der Waals surface area (Å²) in [7, 11) is 0. The molecule has 3 aromatic carbocycles. The summed E-state index contributed by atoms with van der Waals surface area (Å²) in [5, 5.41) is 10.9. The Morgan fingerprint density at radius 3 is 2.25 bits per heavy atom. The van der Waals surface area contributed by atoms with E-state index >= 15 is 0 Å². The molecular weight excluding hydrogens is 404 g/mol. The molecule has 0 heterocycles. The second kappa shape index (κ2) is 8.99. The number of Topliss-reactive ketones (excluding diaryl/α,β-unsaturated/α-hetero) is 1. The average Bonchev–Trinajstić information content (AvgIpc) is 2.79. The first-order valence-electron chi connectivity index (χ1n) is 10.2. The first-order chi connectivity index (χ1) is 15.4. The summed E-state index contributed by atoms with van der Waals surface area (Å²) in [6.07, 6.45) is 3.78. The lowest BCUT2D eigenvalue weighted by Gasteiger charge is -2.34. The number of aliphatic hydroxyl groups is 1. The van der Waals surface area contributed by atoms with Crippen LogP contribution < -0.4 is 20.9 Å². The highest BCUT2D eigenvalue weighted by molar-refractivity contribution is 5.94. The van der Waals surface area contributed by atoms with Gasteiger partial charge in [-0.2, -0.15) is 0 Å². The Bertz CT molecular complexity index is 1170. The van der Waals surface area contributed by atoms with Crippen LogP contribution in [0.5, 0.6) is 11.5 Å². The monoisotopic (exact) mass is 428 g/mol. The molecule has 0 spiro atoms. The molecule has 32 heavy (non-hydrogen) atoms. The SMILES string of the molecule is Nc1cccc(OC2=CC=CC(Oc3cccc(N)c3)(C(=O)C(O)c3ccccc3)C2)c1. The molecule has 0 saturated heterocycles. The number of benzene rings is 3. The number of nitrogens with two attached hydrogens (primary N) is 2. The molecule has 2 unspecified atom stereocenters. The maximum absolute atomic E-state index is 13.6. The first-order valence-corrected chi connectivity index (χ1v) is 10.2. The predicted molar refractivity (Wildman–Crippen MR) is 124 cm³/mol. The number of nitrogen functional groups attached to an aromatic ring is 2. The Morgan fingerprint density at radius 2 is 1.56 bits per heavy atom. The zero-order chi connectivity index (χ0) is 22.6. The summed E-state index contributed by atoms with van der Waals surface area (Å²) in [6, 6.07) is 22.6. The van der Waals surface area contributed by atoms with Crippen LogP contribution in [0.15, 0.2) is 103 Å². The lowest BCUT2D eigenvalue weighted by molar-refractivity contribution is -0.140. The number of hydrogen-bond acceptors (Lipinski definition) is 6. The Labute approximate surface area is 186 Å². The molecule has 0 fully saturated rings. The molecule has 0 bridgehead atoms. The van der Waals surface area contributed by atoms with Crippen LogP contribution in [-0.2, 0) is 4.79 Å². The zero-order valence-corrected chi connectivity index (χ0v) is 17.3. The van der Waals surface area contributed by atoms with Crippen LogP contribution in [0, 0.1) is 0 Å². The van der Waals surface area contributed by atoms with Crippen molar-refractivity contribution in [2.45, 2.75) is 18.1 Å². The normalized spacial score (nSPS) is 18.5. The highest BCUT2D eigenvalue weighted by atomic mass is 16.5. The van der Waals surface area contributed by atoms with Gasteiger partial charge in [-0.05, 0) is 42.0 Å². The van der Waals surface area contributed by atoms with Crippen LogP contribution >= 0.6 is 0 Å². The minimum Gasteiger partial charge on any atom is -0.475 e. The van der Waals surface area contributed by atoms with E-state index in [0.29, 0.717) is 34.2 Å². The molecule has 0 aromatic heterocycles. The van der Waals surface area contributed by atoms with Gasteiger partial charge in [-0.25, -0.2) is 0 Å². The number of aliphatic hydroxyl groups excluding tert-OH is 1. The molecule has 6 nitrogen and oxygen atoms in total. The summed E-state index contributed by atoms with van der Waals surface area (Å²) < 4.78 is 12.2. The number of ketones is 1. The quantitative estimate of drug-likeness (QED) is 0.487. The minimum atomic E-state index is -1.49. The Kier molecular flexibility index (Phi) is 5.96. The van der Waals surface area contributed by atoms with Gasteiger partial charge < -0.3 is 26.0 Å². The fourth-order valence-electron chi connectivity index (χ4n) is 3.58. The van der Waals surface area contributed by atoms with Gasteiger partial charge in [0.15, 0.2) is 5.60 Å². The molecule has 6 heteroatoms. The van der Waals surface area contributed by atoms with Crippen molar-refractivity contribution in [3.05, 3.63) is 108 Å². The lowest BCUT2D eigenvalue weighted by Crippen LogP contribution is -2.47. The van der Waals surface area contributed by atoms with E-state index in [1.807, 2.05) is 6.07 Å². The van der Waals surface area contributed by atoms with E-state index in [1.54, 1.807) is 91.0 Å². The smallest absolute Gasteiger partial charge is 0.213 e. The van der Waals surface area contributed by atoms with Crippen molar-refractivity contribution in [1.29, 1.82) is 0 Å². The van der Waals surface area contributed by atoms with Gasteiger partial charge in [-0.15, -0.1) is 0 Å². The summed E-state index contributed by atoms with van der Waals surface area (Å²) in [6.45, 7) is 0. The summed E-state index contributed by atoms with van der Waals surface area (Å²) >= 11 is 0. The third-order valence-corrected chi connectivity index (χ3v) is 5.13. The predicted octanol–water partition coefficient (Wildman–Crippen LogP) is 4.19. The Morgan fingerprint density at radius 1 is 0.906 bits per heavy atom. The second-order valence-electron chi connectivity index (χ2n) is 7.58. The fraction of sp³-hybridized carbons (Fsp3) is 0.115. The van der Waals surface area contributed by atoms with Crippen molar-refractivity contribution in [3.8, 4) is 11.5 Å². The van der Waals surface area contributed by atoms with E-state index in [9.17, 15) is 9.90 Å². The molecule has 162 valence electrons. The van der Waals surface area contributed by atoms with Crippen LogP contribution in [-0.4, -0.2) is 16.5 Å². The van der Waals surface area contributed by atoms with Crippen LogP contribution in [0.2, 0.25) is 0 Å². The molecular formula is C26H24N2O4. The van der Waals surface area contributed by atoms with Crippen LogP contribution in [0.25, 0.3) is 0 Å². The number of carbonyl (C=O) groups is 1. The highest BCUT2D eigenvalue weighted by Crippen LogP contribution is 2.35. The van der Waals surface area contributed by atoms with E-state index in [-0.39, 0.29) is 6.42 Å². The summed E-state index contributed by atoms with van der Waals surface area (Å²) in [5.74, 6) is 0.939. The molecule has 1 aliphatic carbocycles. The van der Waals surface area contributed by atoms with Crippen molar-refractivity contribution >= 4 is 17.2 Å². The number of hydrogen-bond donors (Lipinski definition) is 3. The highest BCUT2D eigenvalue weighted by Gasteiger charge is 2.44. The van der Waals surface area contributed by atoms with Crippen molar-refractivity contribution in [1.82, 2.24) is 0 Å². The maximum Gasteiger partial charge on any atom is 0.213 e. The maximum atomic E-state index is 13.6. The van der Waals surface area contributed by atoms with Crippen LogP contribution in [0.1, 0.15) is 18.1 Å². The molecule has 0 aliphatic heterocycles. The van der Waals surface area contributed by atoms with Crippen molar-refractivity contribution < 1.29 is 19.4 Å². The largest absolute Gasteiger partial charge is 0.475 e. The number of carbonyl (C=O) groups excluding carboxylic acids is 1. The summed E-state index contributed by atoms with van der Waals surface area (Å²) in [4.78, 5) is 13.6. The molecule has 4 rings (SSSR count). The van der Waals surface area contributed by atoms with Crippen molar-refractivity contribution in [3.63, 3.8) is 0 Å². The Hall–Kier alpha value is -4.03. The second-order valence-corrected chi connectivity index (χ2v) is 7.58. The zero-order valence-electron chi connectivity index (χ0n) is 17.3. The van der Waals surface area contributed by atoms with E-state index in [0.717, 1.165) is 0 Å². The van der Waals surface area contributed by atoms with Gasteiger partial charge in [0.05, 0.1) is 6.42 Å². The lowest BCUT2D eigenvalue weighted by atomic mass is 9.84. The van der Waals surface area contributed by atoms with Gasteiger partial charge in [0.25, 0.3) is 0 Å². The first kappa shape index (κ1) is 21.2. The van der Waals surface area contributed by atoms with Gasteiger partial charge >= 0.3 is 0 Å². The van der Waals surface area contributed by atoms with Crippen molar-refractivity contribution in [2.24, 2.45) is 0 Å². The van der Waals surface area contributed by atoms with Gasteiger partial charge in [0, 0.05) is 23.5 Å². The van der Waals surface area contributed by atoms with E-state index < -0.39 is 17.5 Å². The van der Waals surface area contributed by atoms with Gasteiger partial charge in [0.1, 0.15) is 23.4 Å². The molecule has 5 N–H and O–H groups in total. The van der Waals surface area contributed by atoms with E-state index in [2.05, 4.69) is 0 Å². The number of anilines is 2. The molecule has 0 radical (unpaired) electrons. The standard InChI is InChI=1S/C26H24N2O4/c27-19-9-4-11-21(15-19)31-23-13-6-14-26(17-23,32-22-12-5-10-20(28)16-22)25(30)24(29)18-7-2-1-3-8-18/h1-16,24,29H,17,27-28H2. The third-order valence-electron chi connectivity index (χ3n) is 5.13. The number of allylic oxidation sites excluding steroid dienone is 2. The van der Waals surface area contributed by atoms with Gasteiger partial charge in [-0.3, -0.25) is 4.79 Å². The average molecular weight is 428 g/mol. The fourth-order valence-corrected chi connectivity index (χ4v) is 3.58. The van der Waals surface area contributed by atoms with Gasteiger partial charge in [-0.1, -0.05) is 48.5 Å². The topological polar surface area (TPSA) is 108 Å². The summed E-state index contributed by atoms with van der Waals surface area (Å²) in [5.41, 5.74) is 11.8. The molecule has 3 aromatic rings. The van der Waals surface area contributed by atoms with Gasteiger partial charge in [0.2, 0.25) is 5.78 Å². The van der Waals surface area contributed by atoms with Crippen LogP contribution in [0.4, 0.5) is 11.4 Å². The molecule has 2 atom stereocenters. The van der Waals surface area contributed by atoms with E-state index in [1.165, 1.54) is 0 Å². The third kappa shape index (κ3) is 4.66. The minimum absolute atomic E-state index is 0.0792. The molecule has 0 saturated carbocycles. The van der Waals surface area contributed by atoms with Crippen LogP contribution in [0.3, 0.4) is 0 Å². The van der Waals surface area contributed by atoms with Crippen molar-refractivity contribution in [2.75, 3.05) is 11.5 Å². The Balaban J connectivity index is 1.67.